The second-order valence-corrected chi connectivity index (χ2v) is 11.2. The van der Waals surface area contributed by atoms with Gasteiger partial charge in [-0.15, -0.1) is 10.2 Å². The van der Waals surface area contributed by atoms with Crippen LogP contribution in [0.25, 0.3) is 0 Å². The lowest BCUT2D eigenvalue weighted by Gasteiger charge is -2.41. The molecule has 0 N–H and O–H groups in total. The summed E-state index contributed by atoms with van der Waals surface area (Å²) in [6, 6.07) is 17.9. The number of likely N-dealkylation sites (tertiary alicyclic amines) is 1. The molecule has 2 aliphatic rings. The molecule has 35 heavy (non-hydrogen) atoms. The number of rotatable bonds is 5. The molecular formula is C26H30N4O4S. The summed E-state index contributed by atoms with van der Waals surface area (Å²) in [5, 5.41) is 8.06. The summed E-state index contributed by atoms with van der Waals surface area (Å²) >= 11 is 0. The molecule has 0 bridgehead atoms. The summed E-state index contributed by atoms with van der Waals surface area (Å²) in [6.07, 6.45) is 2.78. The number of hydrogen-bond acceptors (Lipinski definition) is 6. The Balaban J connectivity index is 1.33. The molecule has 0 spiro atoms. The SMILES string of the molecule is Cc1nnc(C2CCN(C(=O)[C@@H]3CC[C@H](c4ccccc4)N(S(=O)(=O)c4ccccc4)C3)CC2)o1. The third-order valence-corrected chi connectivity index (χ3v) is 9.01. The maximum absolute atomic E-state index is 13.7. The van der Waals surface area contributed by atoms with Crippen LogP contribution in [0.15, 0.2) is 70.0 Å². The van der Waals surface area contributed by atoms with Gasteiger partial charge in [0.05, 0.1) is 16.9 Å². The third kappa shape index (κ3) is 4.88. The van der Waals surface area contributed by atoms with Crippen molar-refractivity contribution in [2.45, 2.75) is 49.5 Å². The van der Waals surface area contributed by atoms with Crippen molar-refractivity contribution in [2.75, 3.05) is 19.6 Å². The lowest BCUT2D eigenvalue weighted by atomic mass is 9.89. The van der Waals surface area contributed by atoms with E-state index in [1.165, 1.54) is 4.31 Å². The van der Waals surface area contributed by atoms with Crippen molar-refractivity contribution in [3.05, 3.63) is 78.0 Å². The molecule has 3 aromatic rings. The van der Waals surface area contributed by atoms with E-state index in [1.54, 1.807) is 37.3 Å². The van der Waals surface area contributed by atoms with Gasteiger partial charge < -0.3 is 9.32 Å². The van der Waals surface area contributed by atoms with E-state index in [9.17, 15) is 13.2 Å². The fraction of sp³-hybridized carbons (Fsp3) is 0.423. The van der Waals surface area contributed by atoms with Crippen LogP contribution in [0.2, 0.25) is 0 Å². The number of nitrogens with zero attached hydrogens (tertiary/aromatic N) is 4. The van der Waals surface area contributed by atoms with Gasteiger partial charge in [0, 0.05) is 32.5 Å². The minimum atomic E-state index is -3.76. The van der Waals surface area contributed by atoms with Crippen molar-refractivity contribution in [2.24, 2.45) is 5.92 Å². The van der Waals surface area contributed by atoms with Gasteiger partial charge in [0.2, 0.25) is 27.7 Å². The standard InChI is InChI=1S/C26H30N4O4S/c1-19-27-28-25(34-19)21-14-16-29(17-15-21)26(31)22-12-13-24(20-8-4-2-5-9-20)30(18-22)35(32,33)23-10-6-3-7-11-23/h2-11,21-22,24H,12-18H2,1H3/t22-,24-/m1/s1. The maximum atomic E-state index is 13.7. The summed E-state index contributed by atoms with van der Waals surface area (Å²) in [7, 11) is -3.76. The molecule has 1 aromatic heterocycles. The zero-order valence-electron chi connectivity index (χ0n) is 19.8. The van der Waals surface area contributed by atoms with Crippen LogP contribution in [-0.4, -0.2) is 53.4 Å². The molecule has 2 aliphatic heterocycles. The van der Waals surface area contributed by atoms with Gasteiger partial charge in [-0.1, -0.05) is 48.5 Å². The molecule has 2 saturated heterocycles. The van der Waals surface area contributed by atoms with Crippen LogP contribution in [0.3, 0.4) is 0 Å². The summed E-state index contributed by atoms with van der Waals surface area (Å²) in [4.78, 5) is 15.6. The van der Waals surface area contributed by atoms with Crippen molar-refractivity contribution in [1.82, 2.24) is 19.4 Å². The zero-order chi connectivity index (χ0) is 24.4. The number of carbonyl (C=O) groups is 1. The summed E-state index contributed by atoms with van der Waals surface area (Å²) in [5.74, 6) is 1.01. The Hall–Kier alpha value is -3.04. The molecule has 8 nitrogen and oxygen atoms in total. The Kier molecular flexibility index (Phi) is 6.71. The van der Waals surface area contributed by atoms with Gasteiger partial charge in [-0.2, -0.15) is 4.31 Å². The Bertz CT molecular complexity index is 1250. The normalized spacial score (nSPS) is 22.3. The molecule has 0 radical (unpaired) electrons. The topological polar surface area (TPSA) is 96.6 Å². The predicted octanol–water partition coefficient (Wildman–Crippen LogP) is 3.93. The van der Waals surface area contributed by atoms with Gasteiger partial charge in [0.1, 0.15) is 0 Å². The van der Waals surface area contributed by atoms with Gasteiger partial charge in [-0.25, -0.2) is 8.42 Å². The molecule has 3 heterocycles. The van der Waals surface area contributed by atoms with E-state index in [1.807, 2.05) is 35.2 Å². The molecule has 1 amide bonds. The van der Waals surface area contributed by atoms with Gasteiger partial charge >= 0.3 is 0 Å². The molecule has 5 rings (SSSR count). The molecule has 0 unspecified atom stereocenters. The molecule has 184 valence electrons. The summed E-state index contributed by atoms with van der Waals surface area (Å²) in [5.41, 5.74) is 0.952. The van der Waals surface area contributed by atoms with Crippen molar-refractivity contribution < 1.29 is 17.6 Å². The molecule has 0 aliphatic carbocycles. The molecule has 2 fully saturated rings. The van der Waals surface area contributed by atoms with Crippen LogP contribution in [0.5, 0.6) is 0 Å². The Morgan fingerprint density at radius 1 is 0.914 bits per heavy atom. The number of piperidine rings is 2. The number of aromatic nitrogens is 2. The highest BCUT2D eigenvalue weighted by molar-refractivity contribution is 7.89. The van der Waals surface area contributed by atoms with E-state index in [2.05, 4.69) is 10.2 Å². The number of sulfonamides is 1. The second kappa shape index (κ2) is 9.91. The van der Waals surface area contributed by atoms with Crippen molar-refractivity contribution in [3.63, 3.8) is 0 Å². The predicted molar refractivity (Wildman–Crippen MR) is 130 cm³/mol. The molecule has 2 aromatic carbocycles. The van der Waals surface area contributed by atoms with Crippen LogP contribution in [-0.2, 0) is 14.8 Å². The van der Waals surface area contributed by atoms with Gasteiger partial charge in [0.25, 0.3) is 0 Å². The highest BCUT2D eigenvalue weighted by Crippen LogP contribution is 2.38. The van der Waals surface area contributed by atoms with Crippen LogP contribution >= 0.6 is 0 Å². The van der Waals surface area contributed by atoms with Crippen molar-refractivity contribution >= 4 is 15.9 Å². The first-order valence-corrected chi connectivity index (χ1v) is 13.6. The molecule has 9 heteroatoms. The fourth-order valence-corrected chi connectivity index (χ4v) is 6.93. The van der Waals surface area contributed by atoms with E-state index in [0.29, 0.717) is 37.7 Å². The number of carbonyl (C=O) groups excluding carboxylic acids is 1. The molecule has 2 atom stereocenters. The summed E-state index contributed by atoms with van der Waals surface area (Å²) < 4.78 is 34.5. The van der Waals surface area contributed by atoms with Crippen LogP contribution < -0.4 is 0 Å². The maximum Gasteiger partial charge on any atom is 0.243 e. The first-order valence-electron chi connectivity index (χ1n) is 12.1. The zero-order valence-corrected chi connectivity index (χ0v) is 20.6. The average Bonchev–Trinajstić information content (AvgIpc) is 3.35. The first-order chi connectivity index (χ1) is 16.9. The lowest BCUT2D eigenvalue weighted by molar-refractivity contribution is -0.138. The van der Waals surface area contributed by atoms with E-state index >= 15 is 0 Å². The minimum Gasteiger partial charge on any atom is -0.425 e. The summed E-state index contributed by atoms with van der Waals surface area (Å²) in [6.45, 7) is 3.17. The van der Waals surface area contributed by atoms with Crippen molar-refractivity contribution in [3.8, 4) is 0 Å². The lowest BCUT2D eigenvalue weighted by Crippen LogP contribution is -2.49. The number of aryl methyl sites for hydroxylation is 1. The van der Waals surface area contributed by atoms with Gasteiger partial charge in [0.15, 0.2) is 0 Å². The minimum absolute atomic E-state index is 0.0323. The number of benzene rings is 2. The molecular weight excluding hydrogens is 464 g/mol. The Labute approximate surface area is 206 Å². The van der Waals surface area contributed by atoms with E-state index in [4.69, 9.17) is 4.42 Å². The van der Waals surface area contributed by atoms with Crippen LogP contribution in [0, 0.1) is 12.8 Å². The van der Waals surface area contributed by atoms with E-state index in [0.717, 1.165) is 18.4 Å². The number of hydrogen-bond donors (Lipinski definition) is 0. The quantitative estimate of drug-likeness (QED) is 0.533. The van der Waals surface area contributed by atoms with Crippen LogP contribution in [0.1, 0.15) is 55.0 Å². The first kappa shape index (κ1) is 23.7. The molecule has 0 saturated carbocycles. The van der Waals surface area contributed by atoms with E-state index < -0.39 is 10.0 Å². The largest absolute Gasteiger partial charge is 0.425 e. The van der Waals surface area contributed by atoms with Gasteiger partial charge in [-0.05, 0) is 43.4 Å². The monoisotopic (exact) mass is 494 g/mol. The third-order valence-electron chi connectivity index (χ3n) is 7.12. The second-order valence-electron chi connectivity index (χ2n) is 9.35. The highest BCUT2D eigenvalue weighted by Gasteiger charge is 2.41. The number of amides is 1. The van der Waals surface area contributed by atoms with Crippen molar-refractivity contribution in [1.29, 1.82) is 0 Å². The smallest absolute Gasteiger partial charge is 0.243 e. The van der Waals surface area contributed by atoms with Crippen LogP contribution in [0.4, 0.5) is 0 Å². The Morgan fingerprint density at radius 3 is 2.20 bits per heavy atom. The van der Waals surface area contributed by atoms with Gasteiger partial charge in [-0.3, -0.25) is 4.79 Å². The highest BCUT2D eigenvalue weighted by atomic mass is 32.2. The Morgan fingerprint density at radius 2 is 1.57 bits per heavy atom. The fourth-order valence-electron chi connectivity index (χ4n) is 5.22. The van der Waals surface area contributed by atoms with E-state index in [-0.39, 0.29) is 35.2 Å². The average molecular weight is 495 g/mol.